The number of benzene rings is 2. The van der Waals surface area contributed by atoms with Crippen LogP contribution in [0.2, 0.25) is 0 Å². The molecule has 1 unspecified atom stereocenters. The highest BCUT2D eigenvalue weighted by Crippen LogP contribution is 2.37. The minimum Gasteiger partial charge on any atom is -0.404 e. The Kier molecular flexibility index (Phi) is 10.5. The van der Waals surface area contributed by atoms with Crippen molar-refractivity contribution in [1.29, 1.82) is 0 Å². The van der Waals surface area contributed by atoms with Gasteiger partial charge in [-0.05, 0) is 73.3 Å². The number of hydrogen-bond donors (Lipinski definition) is 3. The molecule has 0 aromatic heterocycles. The average Bonchev–Trinajstić information content (AvgIpc) is 3.33. The lowest BCUT2D eigenvalue weighted by atomic mass is 9.85. The van der Waals surface area contributed by atoms with Crippen LogP contribution in [-0.4, -0.2) is 45.1 Å². The van der Waals surface area contributed by atoms with Crippen LogP contribution in [0.5, 0.6) is 5.75 Å². The molecule has 212 valence electrons. The summed E-state index contributed by atoms with van der Waals surface area (Å²) in [5.41, 5.74) is 2.20. The predicted octanol–water partition coefficient (Wildman–Crippen LogP) is 5.50. The normalized spacial score (nSPS) is 17.1. The SMILES string of the molecule is C/C(=C\C(=O)N[C@H](C(=O)N1CCCC1CCCCc1ccccc1)C(C)(C)C)c1ccc(OP(=O)(O)O)cc1. The molecule has 1 heterocycles. The molecule has 1 aliphatic rings. The molecule has 1 fully saturated rings. The number of allylic oxidation sites excluding steroid dienone is 1. The number of aryl methyl sites for hydroxylation is 1. The summed E-state index contributed by atoms with van der Waals surface area (Å²) < 4.78 is 15.6. The molecule has 0 spiro atoms. The van der Waals surface area contributed by atoms with Crippen LogP contribution in [-0.2, 0) is 20.6 Å². The standard InChI is InChI=1S/C30H41N2O6P/c1-22(24-16-18-26(19-17-24)38-39(35,36)37)21-27(33)31-28(30(2,3)4)29(34)32-20-10-15-25(32)14-9-8-13-23-11-6-5-7-12-23/h5-7,11-12,16-19,21,25,28H,8-10,13-15,20H2,1-4H3,(H,31,33)(H2,35,36,37)/b22-21+/t25?,28-/m1/s1. The van der Waals surface area contributed by atoms with Gasteiger partial charge in [-0.1, -0.05) is 69.7 Å². The first-order chi connectivity index (χ1) is 18.3. The largest absolute Gasteiger partial charge is 0.524 e. The summed E-state index contributed by atoms with van der Waals surface area (Å²) in [4.78, 5) is 46.6. The molecule has 0 radical (unpaired) electrons. The summed E-state index contributed by atoms with van der Waals surface area (Å²) in [6, 6.07) is 16.1. The Balaban J connectivity index is 1.61. The minimum absolute atomic E-state index is 0.0305. The van der Waals surface area contributed by atoms with Gasteiger partial charge in [-0.15, -0.1) is 0 Å². The maximum absolute atomic E-state index is 13.7. The summed E-state index contributed by atoms with van der Waals surface area (Å²) in [5, 5.41) is 2.95. The lowest BCUT2D eigenvalue weighted by Crippen LogP contribution is -2.55. The molecule has 2 aromatic rings. The number of carbonyl (C=O) groups is 2. The van der Waals surface area contributed by atoms with Crippen LogP contribution >= 0.6 is 7.82 Å². The number of phosphoric ester groups is 1. The molecule has 3 rings (SSSR count). The van der Waals surface area contributed by atoms with E-state index in [1.54, 1.807) is 19.1 Å². The second kappa shape index (κ2) is 13.4. The molecule has 3 N–H and O–H groups in total. The van der Waals surface area contributed by atoms with E-state index in [9.17, 15) is 14.2 Å². The first-order valence-electron chi connectivity index (χ1n) is 13.5. The average molecular weight is 557 g/mol. The molecular formula is C30H41N2O6P. The third kappa shape index (κ3) is 9.64. The van der Waals surface area contributed by atoms with E-state index in [-0.39, 0.29) is 23.6 Å². The zero-order valence-electron chi connectivity index (χ0n) is 23.3. The van der Waals surface area contributed by atoms with Gasteiger partial charge < -0.3 is 14.7 Å². The van der Waals surface area contributed by atoms with Crippen molar-refractivity contribution in [3.8, 4) is 5.75 Å². The van der Waals surface area contributed by atoms with Gasteiger partial charge in [-0.3, -0.25) is 19.4 Å². The van der Waals surface area contributed by atoms with E-state index in [0.29, 0.717) is 17.7 Å². The van der Waals surface area contributed by atoms with Gasteiger partial charge in [0.2, 0.25) is 11.8 Å². The monoisotopic (exact) mass is 556 g/mol. The highest BCUT2D eigenvalue weighted by molar-refractivity contribution is 7.46. The lowest BCUT2D eigenvalue weighted by Gasteiger charge is -2.35. The zero-order valence-corrected chi connectivity index (χ0v) is 24.2. The molecule has 1 aliphatic heterocycles. The van der Waals surface area contributed by atoms with E-state index in [1.807, 2.05) is 31.7 Å². The third-order valence-electron chi connectivity index (χ3n) is 7.04. The van der Waals surface area contributed by atoms with Crippen LogP contribution in [0.1, 0.15) is 70.9 Å². The molecule has 39 heavy (non-hydrogen) atoms. The van der Waals surface area contributed by atoms with Crippen molar-refractivity contribution >= 4 is 25.2 Å². The van der Waals surface area contributed by atoms with E-state index in [4.69, 9.17) is 9.79 Å². The number of phosphoric acid groups is 1. The zero-order chi connectivity index (χ0) is 28.6. The predicted molar refractivity (Wildman–Crippen MR) is 153 cm³/mol. The third-order valence-corrected chi connectivity index (χ3v) is 7.49. The summed E-state index contributed by atoms with van der Waals surface area (Å²) >= 11 is 0. The van der Waals surface area contributed by atoms with E-state index < -0.39 is 19.3 Å². The Morgan fingerprint density at radius 2 is 1.77 bits per heavy atom. The van der Waals surface area contributed by atoms with Crippen molar-refractivity contribution < 1.29 is 28.5 Å². The van der Waals surface area contributed by atoms with Crippen molar-refractivity contribution in [3.63, 3.8) is 0 Å². The van der Waals surface area contributed by atoms with E-state index in [2.05, 4.69) is 34.1 Å². The summed E-state index contributed by atoms with van der Waals surface area (Å²) in [5.74, 6) is -0.371. The molecule has 0 bridgehead atoms. The molecular weight excluding hydrogens is 515 g/mol. The Morgan fingerprint density at radius 1 is 1.10 bits per heavy atom. The smallest absolute Gasteiger partial charge is 0.404 e. The van der Waals surface area contributed by atoms with Crippen LogP contribution in [0.4, 0.5) is 0 Å². The maximum atomic E-state index is 13.7. The van der Waals surface area contributed by atoms with Gasteiger partial charge >= 0.3 is 7.82 Å². The number of nitrogens with zero attached hydrogens (tertiary/aromatic N) is 1. The Labute approximate surface area is 231 Å². The van der Waals surface area contributed by atoms with Gasteiger partial charge in [0.15, 0.2) is 0 Å². The first kappa shape index (κ1) is 30.6. The number of nitrogens with one attached hydrogen (secondary N) is 1. The molecule has 2 atom stereocenters. The van der Waals surface area contributed by atoms with E-state index in [0.717, 1.165) is 38.5 Å². The second-order valence-electron chi connectivity index (χ2n) is 11.3. The second-order valence-corrected chi connectivity index (χ2v) is 12.5. The summed E-state index contributed by atoms with van der Waals surface area (Å²) in [7, 11) is -4.64. The van der Waals surface area contributed by atoms with Gasteiger partial charge in [0.05, 0.1) is 0 Å². The first-order valence-corrected chi connectivity index (χ1v) is 15.1. The highest BCUT2D eigenvalue weighted by Gasteiger charge is 2.39. The van der Waals surface area contributed by atoms with Gasteiger partial charge in [0.25, 0.3) is 0 Å². The van der Waals surface area contributed by atoms with Crippen molar-refractivity contribution in [2.24, 2.45) is 5.41 Å². The van der Waals surface area contributed by atoms with Gasteiger partial charge in [-0.25, -0.2) is 4.57 Å². The van der Waals surface area contributed by atoms with Crippen LogP contribution in [0.3, 0.4) is 0 Å². The Bertz CT molecular complexity index is 1180. The fraction of sp³-hybridized carbons (Fsp3) is 0.467. The maximum Gasteiger partial charge on any atom is 0.524 e. The number of amides is 2. The van der Waals surface area contributed by atoms with Gasteiger partial charge in [0, 0.05) is 18.7 Å². The number of hydrogen-bond acceptors (Lipinski definition) is 4. The van der Waals surface area contributed by atoms with Crippen molar-refractivity contribution in [1.82, 2.24) is 10.2 Å². The number of rotatable bonds is 11. The van der Waals surface area contributed by atoms with Crippen LogP contribution < -0.4 is 9.84 Å². The van der Waals surface area contributed by atoms with E-state index >= 15 is 0 Å². The lowest BCUT2D eigenvalue weighted by molar-refractivity contribution is -0.139. The molecule has 1 saturated heterocycles. The highest BCUT2D eigenvalue weighted by atomic mass is 31.2. The Hall–Kier alpha value is -2.93. The van der Waals surface area contributed by atoms with Gasteiger partial charge in [-0.2, -0.15) is 0 Å². The molecule has 0 aliphatic carbocycles. The molecule has 2 amide bonds. The summed E-state index contributed by atoms with van der Waals surface area (Å²) in [6.45, 7) is 8.34. The quantitative estimate of drug-likeness (QED) is 0.191. The van der Waals surface area contributed by atoms with Crippen molar-refractivity contribution in [2.45, 2.75) is 78.3 Å². The molecule has 8 nitrogen and oxygen atoms in total. The minimum atomic E-state index is -4.64. The van der Waals surface area contributed by atoms with E-state index in [1.165, 1.54) is 23.8 Å². The number of unbranched alkanes of at least 4 members (excludes halogenated alkanes) is 1. The fourth-order valence-corrected chi connectivity index (χ4v) is 5.37. The van der Waals surface area contributed by atoms with Crippen LogP contribution in [0, 0.1) is 5.41 Å². The van der Waals surface area contributed by atoms with Crippen LogP contribution in [0.25, 0.3) is 5.57 Å². The topological polar surface area (TPSA) is 116 Å². The molecule has 9 heteroatoms. The Morgan fingerprint density at radius 3 is 2.38 bits per heavy atom. The number of likely N-dealkylation sites (tertiary alicyclic amines) is 1. The summed E-state index contributed by atoms with van der Waals surface area (Å²) in [6.07, 6.45) is 7.53. The van der Waals surface area contributed by atoms with Crippen molar-refractivity contribution in [3.05, 3.63) is 71.8 Å². The molecule has 0 saturated carbocycles. The number of carbonyl (C=O) groups excluding carboxylic acids is 2. The van der Waals surface area contributed by atoms with Gasteiger partial charge in [0.1, 0.15) is 11.8 Å². The van der Waals surface area contributed by atoms with Crippen LogP contribution in [0.15, 0.2) is 60.7 Å². The fourth-order valence-electron chi connectivity index (χ4n) is 4.97. The van der Waals surface area contributed by atoms with Crippen molar-refractivity contribution in [2.75, 3.05) is 6.54 Å². The molecule has 2 aromatic carbocycles.